The minimum Gasteiger partial charge on any atom is -0.317 e. The van der Waals surface area contributed by atoms with Crippen LogP contribution in [0.2, 0.25) is 0 Å². The van der Waals surface area contributed by atoms with E-state index in [1.54, 1.807) is 0 Å². The van der Waals surface area contributed by atoms with Crippen molar-refractivity contribution in [1.82, 2.24) is 5.32 Å². The summed E-state index contributed by atoms with van der Waals surface area (Å²) in [5.74, 6) is 0.713. The van der Waals surface area contributed by atoms with Gasteiger partial charge in [0.2, 0.25) is 0 Å². The second-order valence-electron chi connectivity index (χ2n) is 4.49. The Morgan fingerprint density at radius 3 is 2.33 bits per heavy atom. The monoisotopic (exact) mass is 205 g/mol. The summed E-state index contributed by atoms with van der Waals surface area (Å²) in [5.41, 5.74) is 4.39. The van der Waals surface area contributed by atoms with Gasteiger partial charge in [-0.2, -0.15) is 0 Å². The summed E-state index contributed by atoms with van der Waals surface area (Å²) in [6.45, 7) is 11.1. The Kier molecular flexibility index (Phi) is 4.83. The topological polar surface area (TPSA) is 12.0 Å². The van der Waals surface area contributed by atoms with Crippen LogP contribution in [0.15, 0.2) is 18.2 Å². The molecule has 0 aliphatic carbocycles. The molecule has 0 saturated heterocycles. The SMILES string of the molecule is CCNCC(C)Cc1c(C)cccc1C. The lowest BCUT2D eigenvalue weighted by molar-refractivity contribution is 0.519. The van der Waals surface area contributed by atoms with Gasteiger partial charge in [0, 0.05) is 0 Å². The Labute approximate surface area is 93.9 Å². The van der Waals surface area contributed by atoms with E-state index >= 15 is 0 Å². The maximum Gasteiger partial charge on any atom is -0.00201 e. The highest BCUT2D eigenvalue weighted by atomic mass is 14.8. The smallest absolute Gasteiger partial charge is 0.00201 e. The minimum absolute atomic E-state index is 0.713. The van der Waals surface area contributed by atoms with E-state index in [1.807, 2.05) is 0 Å². The van der Waals surface area contributed by atoms with Gasteiger partial charge in [-0.3, -0.25) is 0 Å². The van der Waals surface area contributed by atoms with E-state index in [2.05, 4.69) is 51.2 Å². The molecule has 15 heavy (non-hydrogen) atoms. The van der Waals surface area contributed by atoms with Crippen molar-refractivity contribution in [3.05, 3.63) is 34.9 Å². The second-order valence-corrected chi connectivity index (χ2v) is 4.49. The number of hydrogen-bond donors (Lipinski definition) is 1. The molecule has 1 nitrogen and oxygen atoms in total. The number of hydrogen-bond acceptors (Lipinski definition) is 1. The van der Waals surface area contributed by atoms with Gasteiger partial charge in [0.05, 0.1) is 0 Å². The minimum atomic E-state index is 0.713. The summed E-state index contributed by atoms with van der Waals surface area (Å²) in [6, 6.07) is 6.56. The lowest BCUT2D eigenvalue weighted by Gasteiger charge is -2.15. The second kappa shape index (κ2) is 5.92. The third-order valence-corrected chi connectivity index (χ3v) is 2.94. The van der Waals surface area contributed by atoms with Crippen molar-refractivity contribution in [2.24, 2.45) is 5.92 Å². The molecule has 1 atom stereocenters. The zero-order valence-electron chi connectivity index (χ0n) is 10.4. The average Bonchev–Trinajstić information content (AvgIpc) is 2.21. The number of benzene rings is 1. The largest absolute Gasteiger partial charge is 0.317 e. The van der Waals surface area contributed by atoms with Crippen molar-refractivity contribution in [3.8, 4) is 0 Å². The molecule has 0 spiro atoms. The van der Waals surface area contributed by atoms with Crippen LogP contribution in [0.3, 0.4) is 0 Å². The zero-order valence-corrected chi connectivity index (χ0v) is 10.4. The van der Waals surface area contributed by atoms with Crippen molar-refractivity contribution in [3.63, 3.8) is 0 Å². The summed E-state index contributed by atoms with van der Waals surface area (Å²) >= 11 is 0. The molecule has 1 heteroatoms. The third-order valence-electron chi connectivity index (χ3n) is 2.94. The molecule has 0 aromatic heterocycles. The van der Waals surface area contributed by atoms with Gasteiger partial charge in [0.1, 0.15) is 0 Å². The fourth-order valence-electron chi connectivity index (χ4n) is 1.98. The van der Waals surface area contributed by atoms with Gasteiger partial charge in [-0.1, -0.05) is 32.0 Å². The summed E-state index contributed by atoms with van der Waals surface area (Å²) in [7, 11) is 0. The van der Waals surface area contributed by atoms with Crippen LogP contribution in [-0.4, -0.2) is 13.1 Å². The van der Waals surface area contributed by atoms with Gasteiger partial charge in [0.25, 0.3) is 0 Å². The third kappa shape index (κ3) is 3.67. The van der Waals surface area contributed by atoms with Gasteiger partial charge in [0.15, 0.2) is 0 Å². The quantitative estimate of drug-likeness (QED) is 0.779. The Morgan fingerprint density at radius 2 is 1.80 bits per heavy atom. The first-order chi connectivity index (χ1) is 7.15. The molecule has 1 N–H and O–H groups in total. The van der Waals surface area contributed by atoms with E-state index in [9.17, 15) is 0 Å². The molecule has 1 unspecified atom stereocenters. The van der Waals surface area contributed by atoms with Crippen molar-refractivity contribution in [2.45, 2.75) is 34.1 Å². The molecule has 1 aromatic carbocycles. The zero-order chi connectivity index (χ0) is 11.3. The molecule has 0 radical (unpaired) electrons. The number of nitrogens with one attached hydrogen (secondary N) is 1. The maximum atomic E-state index is 3.41. The van der Waals surface area contributed by atoms with Crippen LogP contribution in [0.4, 0.5) is 0 Å². The van der Waals surface area contributed by atoms with Gasteiger partial charge in [-0.25, -0.2) is 0 Å². The summed E-state index contributed by atoms with van der Waals surface area (Å²) < 4.78 is 0. The van der Waals surface area contributed by atoms with Gasteiger partial charge in [-0.15, -0.1) is 0 Å². The molecule has 0 aliphatic rings. The first-order valence-corrected chi connectivity index (χ1v) is 5.91. The Bertz CT molecular complexity index is 284. The Morgan fingerprint density at radius 1 is 1.20 bits per heavy atom. The molecule has 84 valence electrons. The number of aryl methyl sites for hydroxylation is 2. The summed E-state index contributed by atoms with van der Waals surface area (Å²) in [4.78, 5) is 0. The van der Waals surface area contributed by atoms with Crippen LogP contribution in [0.1, 0.15) is 30.5 Å². The maximum absolute atomic E-state index is 3.41. The molecule has 1 aromatic rings. The average molecular weight is 205 g/mol. The highest BCUT2D eigenvalue weighted by Gasteiger charge is 2.07. The molecule has 0 aliphatic heterocycles. The van der Waals surface area contributed by atoms with Crippen molar-refractivity contribution in [2.75, 3.05) is 13.1 Å². The van der Waals surface area contributed by atoms with E-state index in [1.165, 1.54) is 23.1 Å². The van der Waals surface area contributed by atoms with Crippen LogP contribution in [0, 0.1) is 19.8 Å². The summed E-state index contributed by atoms with van der Waals surface area (Å²) in [5, 5.41) is 3.41. The fourth-order valence-corrected chi connectivity index (χ4v) is 1.98. The molecule has 0 heterocycles. The molecule has 1 rings (SSSR count). The van der Waals surface area contributed by atoms with Gasteiger partial charge >= 0.3 is 0 Å². The number of rotatable bonds is 5. The van der Waals surface area contributed by atoms with Crippen LogP contribution in [-0.2, 0) is 6.42 Å². The standard InChI is InChI=1S/C14H23N/c1-5-15-10-11(2)9-14-12(3)7-6-8-13(14)4/h6-8,11,15H,5,9-10H2,1-4H3. The molecule has 0 fully saturated rings. The molecule has 0 saturated carbocycles. The van der Waals surface area contributed by atoms with Crippen LogP contribution in [0.25, 0.3) is 0 Å². The van der Waals surface area contributed by atoms with E-state index < -0.39 is 0 Å². The fraction of sp³-hybridized carbons (Fsp3) is 0.571. The highest BCUT2D eigenvalue weighted by molar-refractivity contribution is 5.33. The lowest BCUT2D eigenvalue weighted by Crippen LogP contribution is -2.22. The van der Waals surface area contributed by atoms with Crippen molar-refractivity contribution in [1.29, 1.82) is 0 Å². The van der Waals surface area contributed by atoms with E-state index in [0.29, 0.717) is 5.92 Å². The van der Waals surface area contributed by atoms with Gasteiger partial charge < -0.3 is 5.32 Å². The van der Waals surface area contributed by atoms with Crippen LogP contribution in [0.5, 0.6) is 0 Å². The Balaban J connectivity index is 2.63. The lowest BCUT2D eigenvalue weighted by atomic mass is 9.93. The van der Waals surface area contributed by atoms with E-state index in [0.717, 1.165) is 13.1 Å². The highest BCUT2D eigenvalue weighted by Crippen LogP contribution is 2.17. The van der Waals surface area contributed by atoms with Crippen molar-refractivity contribution < 1.29 is 0 Å². The first kappa shape index (κ1) is 12.3. The van der Waals surface area contributed by atoms with E-state index in [4.69, 9.17) is 0 Å². The molecular formula is C14H23N. The predicted molar refractivity (Wildman–Crippen MR) is 67.3 cm³/mol. The first-order valence-electron chi connectivity index (χ1n) is 5.91. The summed E-state index contributed by atoms with van der Waals surface area (Å²) in [6.07, 6.45) is 1.19. The molecule has 0 bridgehead atoms. The molecule has 0 amide bonds. The predicted octanol–water partition coefficient (Wildman–Crippen LogP) is 3.09. The van der Waals surface area contributed by atoms with Crippen LogP contribution >= 0.6 is 0 Å². The normalized spacial score (nSPS) is 12.8. The molecular weight excluding hydrogens is 182 g/mol. The van der Waals surface area contributed by atoms with E-state index in [-0.39, 0.29) is 0 Å². The van der Waals surface area contributed by atoms with Crippen LogP contribution < -0.4 is 5.32 Å². The van der Waals surface area contributed by atoms with Crippen molar-refractivity contribution >= 4 is 0 Å². The van der Waals surface area contributed by atoms with Gasteiger partial charge in [-0.05, 0) is 56.0 Å². The Hall–Kier alpha value is -0.820.